The fourth-order valence-electron chi connectivity index (χ4n) is 1.45. The number of aromatic nitrogens is 1. The molecule has 0 aliphatic carbocycles. The first-order chi connectivity index (χ1) is 7.06. The summed E-state index contributed by atoms with van der Waals surface area (Å²) in [5.41, 5.74) is 0.466. The van der Waals surface area contributed by atoms with Crippen LogP contribution < -0.4 is 10.9 Å². The molecule has 0 saturated heterocycles. The molecule has 0 fully saturated rings. The average Bonchev–Trinajstić information content (AvgIpc) is 2.12. The van der Waals surface area contributed by atoms with Crippen LogP contribution in [0.2, 0.25) is 0 Å². The van der Waals surface area contributed by atoms with E-state index in [1.807, 2.05) is 0 Å². The Kier molecular flexibility index (Phi) is 3.88. The summed E-state index contributed by atoms with van der Waals surface area (Å²) in [5.74, 6) is -0.0714. The monoisotopic (exact) mass is 212 g/mol. The Labute approximate surface area is 88.0 Å². The second-order valence-corrected chi connectivity index (χ2v) is 3.45. The first kappa shape index (κ1) is 11.7. The highest BCUT2D eigenvalue weighted by Crippen LogP contribution is 2.12. The highest BCUT2D eigenvalue weighted by molar-refractivity contribution is 5.20. The maximum absolute atomic E-state index is 11.6. The van der Waals surface area contributed by atoms with Crippen LogP contribution in [0.5, 0.6) is 5.88 Å². The Morgan fingerprint density at radius 1 is 1.53 bits per heavy atom. The first-order valence-electron chi connectivity index (χ1n) is 4.82. The first-order valence-corrected chi connectivity index (χ1v) is 4.82. The van der Waals surface area contributed by atoms with Gasteiger partial charge in [-0.1, -0.05) is 0 Å². The number of aryl methyl sites for hydroxylation is 1. The van der Waals surface area contributed by atoms with Gasteiger partial charge in [-0.25, -0.2) is 0 Å². The van der Waals surface area contributed by atoms with Crippen LogP contribution in [0, 0.1) is 6.92 Å². The van der Waals surface area contributed by atoms with Gasteiger partial charge in [0, 0.05) is 18.7 Å². The summed E-state index contributed by atoms with van der Waals surface area (Å²) in [6.07, 6.45) is -0.342. The van der Waals surface area contributed by atoms with Gasteiger partial charge in [-0.15, -0.1) is 0 Å². The number of aliphatic hydroxyl groups excluding tert-OH is 1. The third-order valence-electron chi connectivity index (χ3n) is 2.13. The Balaban J connectivity index is 2.98. The molecule has 0 spiro atoms. The maximum atomic E-state index is 11.6. The lowest BCUT2D eigenvalue weighted by Crippen LogP contribution is -2.33. The molecule has 15 heavy (non-hydrogen) atoms. The minimum Gasteiger partial charge on any atom is -0.494 e. The molecule has 1 aromatic heterocycles. The molecule has 0 aliphatic rings. The van der Waals surface area contributed by atoms with E-state index in [1.54, 1.807) is 13.8 Å². The molecule has 0 bridgehead atoms. The Hall–Kier alpha value is -1.33. The summed E-state index contributed by atoms with van der Waals surface area (Å²) in [4.78, 5) is 11.6. The molecule has 0 aliphatic heterocycles. The van der Waals surface area contributed by atoms with Crippen LogP contribution in [0.15, 0.2) is 16.9 Å². The summed E-state index contributed by atoms with van der Waals surface area (Å²) < 4.78 is 1.24. The van der Waals surface area contributed by atoms with Crippen molar-refractivity contribution in [3.63, 3.8) is 0 Å². The summed E-state index contributed by atoms with van der Waals surface area (Å²) in [5, 5.41) is 21.1. The SMILES string of the molecule is Cc1cc(O)n(C(C)NCCO)c(=O)c1. The number of hydrogen-bond acceptors (Lipinski definition) is 4. The van der Waals surface area contributed by atoms with E-state index in [0.717, 1.165) is 5.56 Å². The summed E-state index contributed by atoms with van der Waals surface area (Å²) in [7, 11) is 0. The molecule has 0 amide bonds. The van der Waals surface area contributed by atoms with Gasteiger partial charge in [-0.2, -0.15) is 0 Å². The van der Waals surface area contributed by atoms with Gasteiger partial charge in [0.2, 0.25) is 0 Å². The normalized spacial score (nSPS) is 12.7. The zero-order chi connectivity index (χ0) is 11.4. The van der Waals surface area contributed by atoms with E-state index in [0.29, 0.717) is 6.54 Å². The Bertz CT molecular complexity index is 387. The predicted molar refractivity (Wildman–Crippen MR) is 56.9 cm³/mol. The van der Waals surface area contributed by atoms with Crippen molar-refractivity contribution in [3.8, 4) is 5.88 Å². The average molecular weight is 212 g/mol. The summed E-state index contributed by atoms with van der Waals surface area (Å²) in [6.45, 7) is 3.86. The summed E-state index contributed by atoms with van der Waals surface area (Å²) >= 11 is 0. The van der Waals surface area contributed by atoms with Gasteiger partial charge < -0.3 is 10.2 Å². The molecule has 0 radical (unpaired) electrons. The number of nitrogens with one attached hydrogen (secondary N) is 1. The van der Waals surface area contributed by atoms with Crippen molar-refractivity contribution in [3.05, 3.63) is 28.0 Å². The number of pyridine rings is 1. The molecule has 5 heteroatoms. The van der Waals surface area contributed by atoms with E-state index in [9.17, 15) is 9.90 Å². The summed E-state index contributed by atoms with van der Waals surface area (Å²) in [6, 6.07) is 2.98. The minimum absolute atomic E-state index is 0.00822. The number of nitrogens with zero attached hydrogens (tertiary/aromatic N) is 1. The molecule has 1 rings (SSSR count). The smallest absolute Gasteiger partial charge is 0.254 e. The van der Waals surface area contributed by atoms with E-state index in [4.69, 9.17) is 5.11 Å². The molecular weight excluding hydrogens is 196 g/mol. The van der Waals surface area contributed by atoms with Crippen molar-refractivity contribution in [2.45, 2.75) is 20.0 Å². The van der Waals surface area contributed by atoms with E-state index in [1.165, 1.54) is 16.7 Å². The fourth-order valence-corrected chi connectivity index (χ4v) is 1.45. The molecule has 0 aromatic carbocycles. The van der Waals surface area contributed by atoms with Gasteiger partial charge in [0.15, 0.2) is 5.88 Å². The standard InChI is InChI=1S/C10H16N2O3/c1-7-5-9(14)12(10(15)6-7)8(2)11-3-4-13/h5-6,8,11,13-14H,3-4H2,1-2H3. The lowest BCUT2D eigenvalue weighted by molar-refractivity contribution is 0.267. The van der Waals surface area contributed by atoms with Crippen LogP contribution in [0.4, 0.5) is 0 Å². The van der Waals surface area contributed by atoms with Crippen LogP contribution in [-0.2, 0) is 0 Å². The van der Waals surface area contributed by atoms with Crippen LogP contribution in [0.3, 0.4) is 0 Å². The molecule has 1 aromatic rings. The van der Waals surface area contributed by atoms with E-state index >= 15 is 0 Å². The van der Waals surface area contributed by atoms with E-state index in [2.05, 4.69) is 5.32 Å². The number of aliphatic hydroxyl groups is 1. The Morgan fingerprint density at radius 3 is 2.73 bits per heavy atom. The number of hydrogen-bond donors (Lipinski definition) is 3. The molecule has 84 valence electrons. The number of aromatic hydroxyl groups is 1. The van der Waals surface area contributed by atoms with Crippen molar-refractivity contribution in [2.24, 2.45) is 0 Å². The molecule has 3 N–H and O–H groups in total. The molecule has 5 nitrogen and oxygen atoms in total. The zero-order valence-corrected chi connectivity index (χ0v) is 8.90. The lowest BCUT2D eigenvalue weighted by atomic mass is 10.3. The molecule has 1 unspecified atom stereocenters. The molecule has 0 saturated carbocycles. The lowest BCUT2D eigenvalue weighted by Gasteiger charge is -2.17. The third kappa shape index (κ3) is 2.81. The van der Waals surface area contributed by atoms with Crippen molar-refractivity contribution < 1.29 is 10.2 Å². The van der Waals surface area contributed by atoms with Crippen LogP contribution >= 0.6 is 0 Å². The van der Waals surface area contributed by atoms with E-state index < -0.39 is 0 Å². The van der Waals surface area contributed by atoms with Crippen molar-refractivity contribution in [1.29, 1.82) is 0 Å². The predicted octanol–water partition coefficient (Wildman–Crippen LogP) is -0.0373. The van der Waals surface area contributed by atoms with Crippen molar-refractivity contribution >= 4 is 0 Å². The topological polar surface area (TPSA) is 74.5 Å². The second-order valence-electron chi connectivity index (χ2n) is 3.45. The molecule has 1 heterocycles. The van der Waals surface area contributed by atoms with Gasteiger partial charge >= 0.3 is 0 Å². The highest BCUT2D eigenvalue weighted by Gasteiger charge is 2.10. The van der Waals surface area contributed by atoms with Gasteiger partial charge in [-0.3, -0.25) is 14.7 Å². The Morgan fingerprint density at radius 2 is 2.20 bits per heavy atom. The highest BCUT2D eigenvalue weighted by atomic mass is 16.3. The van der Waals surface area contributed by atoms with Gasteiger partial charge in [-0.05, 0) is 19.4 Å². The minimum atomic E-state index is -0.342. The van der Waals surface area contributed by atoms with Crippen molar-refractivity contribution in [2.75, 3.05) is 13.2 Å². The van der Waals surface area contributed by atoms with Gasteiger partial charge in [0.1, 0.15) is 0 Å². The molecule has 1 atom stereocenters. The largest absolute Gasteiger partial charge is 0.494 e. The molecular formula is C10H16N2O3. The quantitative estimate of drug-likeness (QED) is 0.655. The second kappa shape index (κ2) is 4.95. The van der Waals surface area contributed by atoms with E-state index in [-0.39, 0.29) is 24.2 Å². The van der Waals surface area contributed by atoms with Gasteiger partial charge in [0.25, 0.3) is 5.56 Å². The zero-order valence-electron chi connectivity index (χ0n) is 8.90. The fraction of sp³-hybridized carbons (Fsp3) is 0.500. The van der Waals surface area contributed by atoms with Crippen molar-refractivity contribution in [1.82, 2.24) is 9.88 Å². The number of rotatable bonds is 4. The van der Waals surface area contributed by atoms with Gasteiger partial charge in [0.05, 0.1) is 12.8 Å². The van der Waals surface area contributed by atoms with Crippen LogP contribution in [0.25, 0.3) is 0 Å². The van der Waals surface area contributed by atoms with Crippen LogP contribution in [0.1, 0.15) is 18.7 Å². The maximum Gasteiger partial charge on any atom is 0.254 e. The third-order valence-corrected chi connectivity index (χ3v) is 2.13. The van der Waals surface area contributed by atoms with Crippen LogP contribution in [-0.4, -0.2) is 27.9 Å².